The zero-order chi connectivity index (χ0) is 25.8. The fraction of sp³-hybridized carbons (Fsp3) is 0.500. The highest BCUT2D eigenvalue weighted by atomic mass is 35.5. The van der Waals surface area contributed by atoms with Crippen LogP contribution in [0.5, 0.6) is 5.75 Å². The van der Waals surface area contributed by atoms with Gasteiger partial charge in [0.25, 0.3) is 0 Å². The molecule has 0 unspecified atom stereocenters. The number of aryl methyl sites for hydroxylation is 1. The number of benzene rings is 2. The van der Waals surface area contributed by atoms with Gasteiger partial charge in [0.15, 0.2) is 5.60 Å². The van der Waals surface area contributed by atoms with Crippen molar-refractivity contribution in [3.8, 4) is 5.75 Å². The molecule has 0 radical (unpaired) electrons. The molecule has 0 aliphatic carbocycles. The summed E-state index contributed by atoms with van der Waals surface area (Å²) < 4.78 is 49.3. The van der Waals surface area contributed by atoms with Gasteiger partial charge >= 0.3 is 12.1 Å². The lowest BCUT2D eigenvalue weighted by Crippen LogP contribution is -2.45. The normalized spacial score (nSPS) is 15.8. The number of carbonyl (C=O) groups excluding carboxylic acids is 1. The number of alkyl halides is 3. The Labute approximate surface area is 209 Å². The van der Waals surface area contributed by atoms with Gasteiger partial charge in [0.1, 0.15) is 5.75 Å². The van der Waals surface area contributed by atoms with Crippen molar-refractivity contribution >= 4 is 17.6 Å². The van der Waals surface area contributed by atoms with Gasteiger partial charge in [-0.3, -0.25) is 9.80 Å². The van der Waals surface area contributed by atoms with E-state index in [-0.39, 0.29) is 6.61 Å². The lowest BCUT2D eigenvalue weighted by molar-refractivity contribution is -0.158. The van der Waals surface area contributed by atoms with Gasteiger partial charge in [-0.2, -0.15) is 13.2 Å². The maximum absolute atomic E-state index is 12.8. The highest BCUT2D eigenvalue weighted by Crippen LogP contribution is 2.34. The minimum Gasteiger partial charge on any atom is -0.474 e. The first kappa shape index (κ1) is 27.3. The van der Waals surface area contributed by atoms with Crippen molar-refractivity contribution in [2.45, 2.75) is 52.6 Å². The minimum atomic E-state index is -4.31. The Morgan fingerprint density at radius 2 is 1.51 bits per heavy atom. The topological polar surface area (TPSA) is 42.0 Å². The van der Waals surface area contributed by atoms with Gasteiger partial charge in [-0.05, 0) is 62.6 Å². The van der Waals surface area contributed by atoms with Crippen molar-refractivity contribution in [3.05, 3.63) is 63.7 Å². The molecule has 35 heavy (non-hydrogen) atoms. The molecule has 1 fully saturated rings. The van der Waals surface area contributed by atoms with E-state index in [0.717, 1.165) is 61.5 Å². The molecule has 5 nitrogen and oxygen atoms in total. The van der Waals surface area contributed by atoms with Gasteiger partial charge < -0.3 is 9.47 Å². The number of esters is 1. The van der Waals surface area contributed by atoms with Gasteiger partial charge in [-0.1, -0.05) is 29.8 Å². The van der Waals surface area contributed by atoms with Crippen LogP contribution >= 0.6 is 11.6 Å². The Bertz CT molecular complexity index is 994. The van der Waals surface area contributed by atoms with Crippen LogP contribution < -0.4 is 4.74 Å². The fourth-order valence-electron chi connectivity index (χ4n) is 4.05. The SMILES string of the molecule is CCOC(=O)C(C)(C)Oc1c(C)cc(CN2CCN(Cc3ccc(C(F)(F)F)cc3)CC2)cc1Cl. The summed E-state index contributed by atoms with van der Waals surface area (Å²) in [7, 11) is 0. The summed E-state index contributed by atoms with van der Waals surface area (Å²) in [5.74, 6) is 0.0172. The fourth-order valence-corrected chi connectivity index (χ4v) is 4.37. The number of piperazine rings is 1. The minimum absolute atomic E-state index is 0.273. The average Bonchev–Trinajstić information content (AvgIpc) is 2.78. The average molecular weight is 513 g/mol. The predicted molar refractivity (Wildman–Crippen MR) is 130 cm³/mol. The van der Waals surface area contributed by atoms with Gasteiger partial charge in [-0.25, -0.2) is 4.79 Å². The number of ether oxygens (including phenoxy) is 2. The molecule has 0 spiro atoms. The van der Waals surface area contributed by atoms with E-state index in [1.54, 1.807) is 32.9 Å². The van der Waals surface area contributed by atoms with E-state index >= 15 is 0 Å². The van der Waals surface area contributed by atoms with Crippen molar-refractivity contribution < 1.29 is 27.4 Å². The molecular formula is C26H32ClF3N2O3. The second-order valence-electron chi connectivity index (χ2n) is 9.30. The van der Waals surface area contributed by atoms with Gasteiger partial charge in [0.2, 0.25) is 0 Å². The van der Waals surface area contributed by atoms with Crippen LogP contribution in [0.2, 0.25) is 5.02 Å². The Morgan fingerprint density at radius 1 is 0.971 bits per heavy atom. The van der Waals surface area contributed by atoms with Crippen molar-refractivity contribution in [3.63, 3.8) is 0 Å². The Kier molecular flexibility index (Phi) is 8.72. The number of nitrogens with zero attached hydrogens (tertiary/aromatic N) is 2. The summed E-state index contributed by atoms with van der Waals surface area (Å²) in [6.45, 7) is 11.9. The van der Waals surface area contributed by atoms with E-state index < -0.39 is 23.3 Å². The molecule has 0 amide bonds. The Balaban J connectivity index is 1.55. The molecule has 2 aromatic carbocycles. The second kappa shape index (κ2) is 11.2. The Hall–Kier alpha value is -2.29. The molecule has 9 heteroatoms. The van der Waals surface area contributed by atoms with Gasteiger partial charge in [0.05, 0.1) is 17.2 Å². The molecule has 0 N–H and O–H groups in total. The highest BCUT2D eigenvalue weighted by Gasteiger charge is 2.33. The van der Waals surface area contributed by atoms with E-state index in [9.17, 15) is 18.0 Å². The molecular weight excluding hydrogens is 481 g/mol. The van der Waals surface area contributed by atoms with Crippen molar-refractivity contribution in [2.75, 3.05) is 32.8 Å². The maximum atomic E-state index is 12.8. The van der Waals surface area contributed by atoms with E-state index in [1.807, 2.05) is 19.1 Å². The first-order chi connectivity index (χ1) is 16.4. The lowest BCUT2D eigenvalue weighted by Gasteiger charge is -2.35. The van der Waals surface area contributed by atoms with Crippen LogP contribution in [0.15, 0.2) is 36.4 Å². The van der Waals surface area contributed by atoms with Crippen LogP contribution in [0.1, 0.15) is 43.0 Å². The van der Waals surface area contributed by atoms with Gasteiger partial charge in [0, 0.05) is 39.3 Å². The largest absolute Gasteiger partial charge is 0.474 e. The summed E-state index contributed by atoms with van der Waals surface area (Å²) in [4.78, 5) is 16.7. The van der Waals surface area contributed by atoms with Gasteiger partial charge in [-0.15, -0.1) is 0 Å². The van der Waals surface area contributed by atoms with Crippen LogP contribution in [-0.2, 0) is 28.8 Å². The van der Waals surface area contributed by atoms with Crippen LogP contribution in [0.4, 0.5) is 13.2 Å². The molecule has 1 aliphatic heterocycles. The second-order valence-corrected chi connectivity index (χ2v) is 9.71. The molecule has 0 atom stereocenters. The van der Waals surface area contributed by atoms with E-state index in [1.165, 1.54) is 0 Å². The zero-order valence-corrected chi connectivity index (χ0v) is 21.3. The molecule has 2 aromatic rings. The lowest BCUT2D eigenvalue weighted by atomic mass is 10.1. The summed E-state index contributed by atoms with van der Waals surface area (Å²) in [5, 5.41) is 0.443. The number of carbonyl (C=O) groups is 1. The van der Waals surface area contributed by atoms with E-state index in [2.05, 4.69) is 9.80 Å². The molecule has 0 aromatic heterocycles. The summed E-state index contributed by atoms with van der Waals surface area (Å²) in [5.41, 5.74) is 0.974. The van der Waals surface area contributed by atoms with Crippen LogP contribution in [-0.4, -0.2) is 54.2 Å². The molecule has 1 saturated heterocycles. The molecule has 0 saturated carbocycles. The number of halogens is 4. The third-order valence-electron chi connectivity index (χ3n) is 5.97. The summed E-state index contributed by atoms with van der Waals surface area (Å²) >= 11 is 6.52. The number of hydrogen-bond acceptors (Lipinski definition) is 5. The maximum Gasteiger partial charge on any atom is 0.416 e. The monoisotopic (exact) mass is 512 g/mol. The highest BCUT2D eigenvalue weighted by molar-refractivity contribution is 6.32. The summed E-state index contributed by atoms with van der Waals surface area (Å²) in [6, 6.07) is 9.24. The third kappa shape index (κ3) is 7.35. The molecule has 192 valence electrons. The van der Waals surface area contributed by atoms with E-state index in [4.69, 9.17) is 21.1 Å². The standard InChI is InChI=1S/C26H32ClF3N2O3/c1-5-34-24(33)25(3,4)35-23-18(2)14-20(15-22(23)27)17-32-12-10-31(11-13-32)16-19-6-8-21(9-7-19)26(28,29)30/h6-9,14-15H,5,10-13,16-17H2,1-4H3. The smallest absolute Gasteiger partial charge is 0.416 e. The molecule has 1 aliphatic rings. The predicted octanol–water partition coefficient (Wildman–Crippen LogP) is 5.71. The first-order valence-electron chi connectivity index (χ1n) is 11.6. The molecule has 3 rings (SSSR count). The van der Waals surface area contributed by atoms with Crippen molar-refractivity contribution in [1.82, 2.24) is 9.80 Å². The first-order valence-corrected chi connectivity index (χ1v) is 12.0. The zero-order valence-electron chi connectivity index (χ0n) is 20.5. The summed E-state index contributed by atoms with van der Waals surface area (Å²) in [6.07, 6.45) is -4.31. The van der Waals surface area contributed by atoms with Crippen LogP contribution in [0.3, 0.4) is 0 Å². The third-order valence-corrected chi connectivity index (χ3v) is 6.25. The Morgan fingerprint density at radius 3 is 2.00 bits per heavy atom. The van der Waals surface area contributed by atoms with Crippen molar-refractivity contribution in [2.24, 2.45) is 0 Å². The van der Waals surface area contributed by atoms with Crippen molar-refractivity contribution in [1.29, 1.82) is 0 Å². The number of hydrogen-bond donors (Lipinski definition) is 0. The quantitative estimate of drug-likeness (QED) is 0.424. The molecule has 1 heterocycles. The van der Waals surface area contributed by atoms with E-state index in [0.29, 0.717) is 17.3 Å². The number of rotatable bonds is 8. The molecule has 0 bridgehead atoms. The van der Waals surface area contributed by atoms with Crippen LogP contribution in [0.25, 0.3) is 0 Å². The van der Waals surface area contributed by atoms with Crippen LogP contribution in [0, 0.1) is 6.92 Å².